The molecule has 0 saturated heterocycles. The molecule has 0 aliphatic carbocycles. The third-order valence-electron chi connectivity index (χ3n) is 3.88. The molecule has 0 fully saturated rings. The number of nitrogens with one attached hydrogen (secondary N) is 2. The van der Waals surface area contributed by atoms with Crippen LogP contribution in [-0.2, 0) is 10.2 Å². The topological polar surface area (TPSA) is 70.6 Å². The van der Waals surface area contributed by atoms with Gasteiger partial charge in [0.05, 0.1) is 15.7 Å². The van der Waals surface area contributed by atoms with Crippen molar-refractivity contribution in [1.29, 1.82) is 0 Å². The Morgan fingerprint density at radius 3 is 2.46 bits per heavy atom. The lowest BCUT2D eigenvalue weighted by atomic mass is 9.87. The molecule has 0 atom stereocenters. The van der Waals surface area contributed by atoms with Crippen LogP contribution in [0.5, 0.6) is 11.5 Å². The molecule has 0 spiro atoms. The van der Waals surface area contributed by atoms with E-state index >= 15 is 0 Å². The fraction of sp³-hybridized carbons (Fsp3) is 0.300. The van der Waals surface area contributed by atoms with Crippen molar-refractivity contribution in [3.63, 3.8) is 0 Å². The largest absolute Gasteiger partial charge is 0.504 e. The summed E-state index contributed by atoms with van der Waals surface area (Å²) in [6.07, 6.45) is 0. The van der Waals surface area contributed by atoms with Gasteiger partial charge in [-0.05, 0) is 59.9 Å². The highest BCUT2D eigenvalue weighted by Gasteiger charge is 2.19. The molecule has 2 aromatic rings. The van der Waals surface area contributed by atoms with E-state index in [9.17, 15) is 9.90 Å². The van der Waals surface area contributed by atoms with Gasteiger partial charge in [0.2, 0.25) is 0 Å². The van der Waals surface area contributed by atoms with Crippen molar-refractivity contribution in [2.45, 2.75) is 33.1 Å². The van der Waals surface area contributed by atoms with Crippen molar-refractivity contribution in [3.05, 3.63) is 51.5 Å². The van der Waals surface area contributed by atoms with Gasteiger partial charge in [0.15, 0.2) is 17.5 Å². The Balaban J connectivity index is 2.00. The molecule has 0 heterocycles. The Morgan fingerprint density at radius 1 is 1.18 bits per heavy atom. The van der Waals surface area contributed by atoms with Crippen LogP contribution in [-0.4, -0.2) is 22.7 Å². The standard InChI is InChI=1S/C20H22Cl2N2O3S/c1-11-5-6-16(13(21)7-11)27-10-17(25)24-19(28)23-15-9-12(20(2,3)4)8-14(22)18(15)26/h5-9,26H,10H2,1-4H3,(H2,23,24,25,28). The average molecular weight is 441 g/mol. The zero-order valence-electron chi connectivity index (χ0n) is 16.0. The Morgan fingerprint density at radius 2 is 1.86 bits per heavy atom. The molecule has 28 heavy (non-hydrogen) atoms. The minimum absolute atomic E-state index is 0.0148. The molecule has 5 nitrogen and oxygen atoms in total. The van der Waals surface area contributed by atoms with Crippen molar-refractivity contribution >= 4 is 52.1 Å². The van der Waals surface area contributed by atoms with Crippen LogP contribution in [0, 0.1) is 6.92 Å². The Bertz CT molecular complexity index is 911. The lowest BCUT2D eigenvalue weighted by Gasteiger charge is -2.21. The molecular formula is C20H22Cl2N2O3S. The van der Waals surface area contributed by atoms with E-state index in [1.807, 2.05) is 33.8 Å². The third-order valence-corrected chi connectivity index (χ3v) is 4.66. The number of rotatable bonds is 4. The molecule has 3 N–H and O–H groups in total. The summed E-state index contributed by atoms with van der Waals surface area (Å²) in [5, 5.41) is 16.1. The summed E-state index contributed by atoms with van der Waals surface area (Å²) in [4.78, 5) is 12.1. The molecule has 0 saturated carbocycles. The fourth-order valence-electron chi connectivity index (χ4n) is 2.31. The van der Waals surface area contributed by atoms with E-state index in [4.69, 9.17) is 40.2 Å². The second kappa shape index (κ2) is 8.99. The average Bonchev–Trinajstić information content (AvgIpc) is 2.57. The van der Waals surface area contributed by atoms with E-state index in [-0.39, 0.29) is 27.9 Å². The van der Waals surface area contributed by atoms with Gasteiger partial charge < -0.3 is 15.2 Å². The van der Waals surface area contributed by atoms with E-state index in [2.05, 4.69) is 10.6 Å². The number of benzene rings is 2. The van der Waals surface area contributed by atoms with E-state index < -0.39 is 5.91 Å². The normalized spacial score (nSPS) is 11.1. The summed E-state index contributed by atoms with van der Waals surface area (Å²) in [5.74, 6) is -0.204. The molecular weight excluding hydrogens is 419 g/mol. The molecule has 1 amide bonds. The van der Waals surface area contributed by atoms with Gasteiger partial charge in [0, 0.05) is 0 Å². The highest BCUT2D eigenvalue weighted by molar-refractivity contribution is 7.80. The van der Waals surface area contributed by atoms with E-state index in [1.165, 1.54) is 0 Å². The number of phenols is 1. The summed E-state index contributed by atoms with van der Waals surface area (Å²) in [7, 11) is 0. The number of halogens is 2. The first-order chi connectivity index (χ1) is 13.0. The first-order valence-corrected chi connectivity index (χ1v) is 9.66. The van der Waals surface area contributed by atoms with Gasteiger partial charge in [-0.3, -0.25) is 10.1 Å². The van der Waals surface area contributed by atoms with Gasteiger partial charge in [0.25, 0.3) is 5.91 Å². The summed E-state index contributed by atoms with van der Waals surface area (Å²) in [5.41, 5.74) is 2.03. The van der Waals surface area contributed by atoms with Crippen LogP contribution in [0.3, 0.4) is 0 Å². The second-order valence-electron chi connectivity index (χ2n) is 7.33. The van der Waals surface area contributed by atoms with Crippen molar-refractivity contribution in [2.24, 2.45) is 0 Å². The minimum atomic E-state index is -0.466. The predicted molar refractivity (Wildman–Crippen MR) is 118 cm³/mol. The van der Waals surface area contributed by atoms with Crippen LogP contribution in [0.15, 0.2) is 30.3 Å². The van der Waals surface area contributed by atoms with Crippen LogP contribution in [0.4, 0.5) is 5.69 Å². The number of hydrogen-bond acceptors (Lipinski definition) is 4. The maximum absolute atomic E-state index is 12.1. The molecule has 0 radical (unpaired) electrons. The number of amides is 1. The lowest BCUT2D eigenvalue weighted by Crippen LogP contribution is -2.37. The molecule has 0 bridgehead atoms. The van der Waals surface area contributed by atoms with Crippen molar-refractivity contribution in [1.82, 2.24) is 5.32 Å². The molecule has 0 aromatic heterocycles. The summed E-state index contributed by atoms with van der Waals surface area (Å²) in [6, 6.07) is 8.71. The minimum Gasteiger partial charge on any atom is -0.504 e. The number of aromatic hydroxyl groups is 1. The van der Waals surface area contributed by atoms with Crippen LogP contribution in [0.25, 0.3) is 0 Å². The SMILES string of the molecule is Cc1ccc(OCC(=O)NC(=S)Nc2cc(C(C)(C)C)cc(Cl)c2O)c(Cl)c1. The number of aryl methyl sites for hydroxylation is 1. The van der Waals surface area contributed by atoms with Crippen molar-refractivity contribution in [3.8, 4) is 11.5 Å². The quantitative estimate of drug-likeness (QED) is 0.450. The van der Waals surface area contributed by atoms with E-state index in [0.29, 0.717) is 16.5 Å². The molecule has 150 valence electrons. The zero-order chi connectivity index (χ0) is 21.1. The monoisotopic (exact) mass is 440 g/mol. The van der Waals surface area contributed by atoms with Gasteiger partial charge in [-0.2, -0.15) is 0 Å². The molecule has 2 rings (SSSR count). The number of anilines is 1. The number of carbonyl (C=O) groups excluding carboxylic acids is 1. The van der Waals surface area contributed by atoms with Gasteiger partial charge in [-0.25, -0.2) is 0 Å². The third kappa shape index (κ3) is 5.99. The Kier molecular flexibility index (Phi) is 7.15. The van der Waals surface area contributed by atoms with Gasteiger partial charge >= 0.3 is 0 Å². The lowest BCUT2D eigenvalue weighted by molar-refractivity contribution is -0.121. The number of carbonyl (C=O) groups is 1. The van der Waals surface area contributed by atoms with Crippen LogP contribution in [0.1, 0.15) is 31.9 Å². The summed E-state index contributed by atoms with van der Waals surface area (Å²) >= 11 is 17.3. The Labute approximate surface area is 180 Å². The highest BCUT2D eigenvalue weighted by atomic mass is 35.5. The smallest absolute Gasteiger partial charge is 0.264 e. The molecule has 0 unspecified atom stereocenters. The second-order valence-corrected chi connectivity index (χ2v) is 8.55. The van der Waals surface area contributed by atoms with Crippen LogP contribution in [0.2, 0.25) is 10.0 Å². The van der Waals surface area contributed by atoms with Gasteiger partial charge in [0.1, 0.15) is 5.75 Å². The zero-order valence-corrected chi connectivity index (χ0v) is 18.4. The number of thiocarbonyl (C=S) groups is 1. The molecule has 8 heteroatoms. The fourth-order valence-corrected chi connectivity index (χ4v) is 3.04. The van der Waals surface area contributed by atoms with Crippen molar-refractivity contribution < 1.29 is 14.6 Å². The van der Waals surface area contributed by atoms with Crippen LogP contribution >= 0.6 is 35.4 Å². The number of phenolic OH excluding ortho intramolecular Hbond substituents is 1. The first-order valence-electron chi connectivity index (χ1n) is 8.50. The number of ether oxygens (including phenoxy) is 1. The van der Waals surface area contributed by atoms with E-state index in [1.54, 1.807) is 24.3 Å². The summed E-state index contributed by atoms with van der Waals surface area (Å²) in [6.45, 7) is 7.70. The van der Waals surface area contributed by atoms with Crippen LogP contribution < -0.4 is 15.4 Å². The maximum atomic E-state index is 12.1. The molecule has 0 aliphatic rings. The van der Waals surface area contributed by atoms with Gasteiger partial charge in [-0.15, -0.1) is 0 Å². The van der Waals surface area contributed by atoms with Gasteiger partial charge in [-0.1, -0.05) is 50.0 Å². The highest BCUT2D eigenvalue weighted by Crippen LogP contribution is 2.37. The van der Waals surface area contributed by atoms with E-state index in [0.717, 1.165) is 11.1 Å². The Hall–Kier alpha value is -2.02. The summed E-state index contributed by atoms with van der Waals surface area (Å²) < 4.78 is 5.41. The molecule has 0 aliphatic heterocycles. The predicted octanol–water partition coefficient (Wildman–Crippen LogP) is 5.20. The molecule has 2 aromatic carbocycles. The number of hydrogen-bond donors (Lipinski definition) is 3. The van der Waals surface area contributed by atoms with Crippen molar-refractivity contribution in [2.75, 3.05) is 11.9 Å². The first kappa shape index (κ1) is 22.3. The maximum Gasteiger partial charge on any atom is 0.264 e.